The van der Waals surface area contributed by atoms with Crippen LogP contribution in [0.4, 0.5) is 0 Å². The molecule has 0 aromatic rings. The van der Waals surface area contributed by atoms with Crippen molar-refractivity contribution in [3.8, 4) is 12.3 Å². The van der Waals surface area contributed by atoms with Crippen molar-refractivity contribution in [2.45, 2.75) is 25.0 Å². The molecule has 14 heavy (non-hydrogen) atoms. The number of hydrogen-bond donors (Lipinski definition) is 2. The molecule has 1 heterocycles. The van der Waals surface area contributed by atoms with Gasteiger partial charge >= 0.3 is 5.97 Å². The number of nitrogens with one attached hydrogen (secondary N) is 1. The fraction of sp³-hybridized carbons (Fsp3) is 0.556. The van der Waals surface area contributed by atoms with E-state index in [-0.39, 0.29) is 12.5 Å². The van der Waals surface area contributed by atoms with E-state index in [9.17, 15) is 9.59 Å². The average Bonchev–Trinajstić information content (AvgIpc) is 2.62. The maximum absolute atomic E-state index is 11.2. The average molecular weight is 197 g/mol. The first-order valence-corrected chi connectivity index (χ1v) is 4.24. The summed E-state index contributed by atoms with van der Waals surface area (Å²) in [5.74, 6) is 0.881. The molecule has 2 atom stereocenters. The Morgan fingerprint density at radius 2 is 2.14 bits per heavy atom. The summed E-state index contributed by atoms with van der Waals surface area (Å²) >= 11 is 0. The van der Waals surface area contributed by atoms with Crippen LogP contribution in [-0.4, -0.2) is 35.7 Å². The van der Waals surface area contributed by atoms with Crippen LogP contribution in [0.2, 0.25) is 0 Å². The van der Waals surface area contributed by atoms with Crippen LogP contribution in [0.3, 0.4) is 0 Å². The second kappa shape index (κ2) is 4.63. The highest BCUT2D eigenvalue weighted by Gasteiger charge is 2.34. The number of amides is 1. The lowest BCUT2D eigenvalue weighted by atomic mass is 10.2. The second-order valence-electron chi connectivity index (χ2n) is 2.95. The summed E-state index contributed by atoms with van der Waals surface area (Å²) in [7, 11) is 0. The number of ether oxygens (including phenoxy) is 1. The minimum atomic E-state index is -1.03. The monoisotopic (exact) mass is 197 g/mol. The molecule has 0 aromatic heterocycles. The summed E-state index contributed by atoms with van der Waals surface area (Å²) in [4.78, 5) is 21.7. The summed E-state index contributed by atoms with van der Waals surface area (Å²) in [6.07, 6.45) is 4.20. The summed E-state index contributed by atoms with van der Waals surface area (Å²) in [6.45, 7) is 0.135. The van der Waals surface area contributed by atoms with Gasteiger partial charge < -0.3 is 15.2 Å². The molecule has 1 rings (SSSR count). The summed E-state index contributed by atoms with van der Waals surface area (Å²) in [5, 5.41) is 11.0. The minimum absolute atomic E-state index is 0.135. The van der Waals surface area contributed by atoms with Gasteiger partial charge in [-0.2, -0.15) is 0 Å². The van der Waals surface area contributed by atoms with Gasteiger partial charge in [-0.1, -0.05) is 5.92 Å². The van der Waals surface area contributed by atoms with Crippen molar-refractivity contribution < 1.29 is 19.4 Å². The van der Waals surface area contributed by atoms with Gasteiger partial charge in [0.1, 0.15) is 6.10 Å². The SMILES string of the molecule is C#CCNC(=O)[C@H]1CC[C@@H](C(=O)O)O1. The van der Waals surface area contributed by atoms with Crippen molar-refractivity contribution in [2.24, 2.45) is 0 Å². The fourth-order valence-corrected chi connectivity index (χ4v) is 1.26. The predicted molar refractivity (Wildman–Crippen MR) is 47.4 cm³/mol. The molecule has 1 saturated heterocycles. The van der Waals surface area contributed by atoms with E-state index in [4.69, 9.17) is 16.3 Å². The van der Waals surface area contributed by atoms with Crippen LogP contribution in [0, 0.1) is 12.3 Å². The molecule has 5 heteroatoms. The third-order valence-corrected chi connectivity index (χ3v) is 1.95. The number of hydrogen-bond acceptors (Lipinski definition) is 3. The Morgan fingerprint density at radius 1 is 1.50 bits per heavy atom. The van der Waals surface area contributed by atoms with E-state index < -0.39 is 18.2 Å². The van der Waals surface area contributed by atoms with E-state index in [1.54, 1.807) is 0 Å². The Balaban J connectivity index is 2.38. The standard InChI is InChI=1S/C9H11NO4/c1-2-5-10-8(11)6-3-4-7(14-6)9(12)13/h1,6-7H,3-5H2,(H,10,11)(H,12,13)/t6-,7+/m1/s1. The number of carbonyl (C=O) groups excluding carboxylic acids is 1. The summed E-state index contributed by atoms with van der Waals surface area (Å²) in [6, 6.07) is 0. The molecule has 0 aromatic carbocycles. The number of carboxylic acids is 1. The fourth-order valence-electron chi connectivity index (χ4n) is 1.26. The smallest absolute Gasteiger partial charge is 0.332 e. The first-order valence-electron chi connectivity index (χ1n) is 4.24. The first-order chi connectivity index (χ1) is 6.65. The third kappa shape index (κ3) is 2.47. The van der Waals surface area contributed by atoms with Crippen LogP contribution < -0.4 is 5.32 Å². The molecular weight excluding hydrogens is 186 g/mol. The zero-order valence-corrected chi connectivity index (χ0v) is 7.53. The molecule has 1 amide bonds. The van der Waals surface area contributed by atoms with Crippen molar-refractivity contribution in [1.82, 2.24) is 5.32 Å². The van der Waals surface area contributed by atoms with E-state index in [0.717, 1.165) is 0 Å². The van der Waals surface area contributed by atoms with Crippen LogP contribution in [0.1, 0.15) is 12.8 Å². The lowest BCUT2D eigenvalue weighted by Crippen LogP contribution is -2.35. The Labute approximate surface area is 81.4 Å². The lowest BCUT2D eigenvalue weighted by molar-refractivity contribution is -0.151. The normalized spacial score (nSPS) is 25.4. The van der Waals surface area contributed by atoms with Crippen molar-refractivity contribution in [3.05, 3.63) is 0 Å². The van der Waals surface area contributed by atoms with Crippen molar-refractivity contribution in [3.63, 3.8) is 0 Å². The van der Waals surface area contributed by atoms with E-state index in [0.29, 0.717) is 12.8 Å². The molecule has 5 nitrogen and oxygen atoms in total. The molecule has 0 bridgehead atoms. The van der Waals surface area contributed by atoms with Crippen LogP contribution in [0.25, 0.3) is 0 Å². The first kappa shape index (κ1) is 10.5. The van der Waals surface area contributed by atoms with E-state index in [1.807, 2.05) is 0 Å². The largest absolute Gasteiger partial charge is 0.479 e. The molecule has 0 saturated carbocycles. The van der Waals surface area contributed by atoms with Gasteiger partial charge in [0.25, 0.3) is 0 Å². The maximum Gasteiger partial charge on any atom is 0.332 e. The predicted octanol–water partition coefficient (Wildman–Crippen LogP) is -0.632. The highest BCUT2D eigenvalue weighted by molar-refractivity contribution is 5.82. The molecule has 0 radical (unpaired) electrons. The number of rotatable bonds is 3. The van der Waals surface area contributed by atoms with Gasteiger partial charge in [0.05, 0.1) is 6.54 Å². The van der Waals surface area contributed by atoms with Gasteiger partial charge in [0.2, 0.25) is 5.91 Å². The number of carbonyl (C=O) groups is 2. The maximum atomic E-state index is 11.2. The molecule has 1 aliphatic heterocycles. The zero-order chi connectivity index (χ0) is 10.6. The molecule has 2 N–H and O–H groups in total. The Kier molecular flexibility index (Phi) is 3.48. The Hall–Kier alpha value is -1.54. The van der Waals surface area contributed by atoms with Crippen LogP contribution in [0.15, 0.2) is 0 Å². The van der Waals surface area contributed by atoms with Crippen LogP contribution in [0.5, 0.6) is 0 Å². The minimum Gasteiger partial charge on any atom is -0.479 e. The topological polar surface area (TPSA) is 75.6 Å². The molecule has 76 valence electrons. The van der Waals surface area contributed by atoms with E-state index >= 15 is 0 Å². The molecule has 1 fully saturated rings. The van der Waals surface area contributed by atoms with Gasteiger partial charge in [-0.15, -0.1) is 6.42 Å². The Morgan fingerprint density at radius 3 is 2.64 bits per heavy atom. The van der Waals surface area contributed by atoms with E-state index in [2.05, 4.69) is 11.2 Å². The van der Waals surface area contributed by atoms with Crippen molar-refractivity contribution in [1.29, 1.82) is 0 Å². The van der Waals surface area contributed by atoms with Crippen molar-refractivity contribution in [2.75, 3.05) is 6.54 Å². The summed E-state index contributed by atoms with van der Waals surface area (Å²) in [5.41, 5.74) is 0. The van der Waals surface area contributed by atoms with Gasteiger partial charge in [-0.05, 0) is 12.8 Å². The quantitative estimate of drug-likeness (QED) is 0.590. The van der Waals surface area contributed by atoms with Crippen LogP contribution in [-0.2, 0) is 14.3 Å². The molecule has 0 aliphatic carbocycles. The second-order valence-corrected chi connectivity index (χ2v) is 2.95. The van der Waals surface area contributed by atoms with Crippen molar-refractivity contribution >= 4 is 11.9 Å². The third-order valence-electron chi connectivity index (χ3n) is 1.95. The van der Waals surface area contributed by atoms with Gasteiger partial charge in [-0.3, -0.25) is 4.79 Å². The summed E-state index contributed by atoms with van der Waals surface area (Å²) < 4.78 is 5.00. The zero-order valence-electron chi connectivity index (χ0n) is 7.53. The highest BCUT2D eigenvalue weighted by Crippen LogP contribution is 2.19. The Bertz CT molecular complexity index is 281. The highest BCUT2D eigenvalue weighted by atomic mass is 16.5. The number of terminal acetylenes is 1. The van der Waals surface area contributed by atoms with Gasteiger partial charge in [0.15, 0.2) is 6.10 Å². The molecular formula is C9H11NO4. The molecule has 0 unspecified atom stereocenters. The molecule has 0 spiro atoms. The lowest BCUT2D eigenvalue weighted by Gasteiger charge is -2.09. The number of carboxylic acid groups (broad SMARTS) is 1. The molecule has 1 aliphatic rings. The van der Waals surface area contributed by atoms with Gasteiger partial charge in [0, 0.05) is 0 Å². The number of aliphatic carboxylic acids is 1. The van der Waals surface area contributed by atoms with Gasteiger partial charge in [-0.25, -0.2) is 4.79 Å². The van der Waals surface area contributed by atoms with E-state index in [1.165, 1.54) is 0 Å². The van der Waals surface area contributed by atoms with Crippen LogP contribution >= 0.6 is 0 Å².